The maximum absolute atomic E-state index is 7.00. The maximum atomic E-state index is 7.00. The maximum Gasteiger partial charge on any atom is 1.00 e. The lowest BCUT2D eigenvalue weighted by Crippen LogP contribution is -1.25. The lowest BCUT2D eigenvalue weighted by Gasteiger charge is -1.21. The van der Waals surface area contributed by atoms with Gasteiger partial charge in [0.2, 0.25) is 0 Å². The van der Waals surface area contributed by atoms with Crippen LogP contribution in [0, 0.1) is 0 Å². The quantitative estimate of drug-likeness (QED) is 0.404. The van der Waals surface area contributed by atoms with Gasteiger partial charge >= 0.3 is 1.43 Å². The van der Waals surface area contributed by atoms with Crippen LogP contribution in [0.25, 0.3) is 0 Å². The highest BCUT2D eigenvalue weighted by atomic mass is 28.1. The highest BCUT2D eigenvalue weighted by Crippen LogP contribution is 0.755. The monoisotopic (exact) mass is 240 g/mol. The second-order valence-corrected chi connectivity index (χ2v) is 0. The van der Waals surface area contributed by atoms with Crippen molar-refractivity contribution in [1.29, 1.82) is 0 Å². The Bertz CT molecular complexity index is 20.0. The molecule has 10 heteroatoms. The molecular formula is C3H32O9Si. The molecule has 0 radical (unpaired) electrons. The average molecular weight is 240 g/mol. The topological polar surface area (TPSA) is 271 Å². The molecule has 0 rings (SSSR count). The molecule has 0 amide bonds. The molecule has 0 aliphatic carbocycles. The summed E-state index contributed by atoms with van der Waals surface area (Å²) in [5, 5.41) is 7.00. The molecule has 16 N–H and O–H groups in total. The van der Waals surface area contributed by atoms with E-state index in [1.165, 1.54) is 0 Å². The van der Waals surface area contributed by atoms with Crippen molar-refractivity contribution in [3.05, 3.63) is 0 Å². The fraction of sp³-hybridized carbons (Fsp3) is 1.00. The van der Waals surface area contributed by atoms with E-state index in [2.05, 4.69) is 0 Å². The average Bonchev–Trinajstić information content (AvgIpc) is 1.00. The summed E-state index contributed by atoms with van der Waals surface area (Å²) in [6, 6.07) is 0. The molecular weight excluding hydrogens is 208 g/mol. The van der Waals surface area contributed by atoms with Gasteiger partial charge in [0, 0.05) is 7.11 Å². The number of rotatable bonds is 0. The van der Waals surface area contributed by atoms with Crippen LogP contribution in [0.5, 0.6) is 0 Å². The minimum absolute atomic E-state index is 0. The van der Waals surface area contributed by atoms with Crippen molar-refractivity contribution in [3.8, 4) is 0 Å². The fourth-order valence-electron chi connectivity index (χ4n) is 0. The second-order valence-electron chi connectivity index (χ2n) is 0. The van der Waals surface area contributed by atoms with E-state index in [1.54, 1.807) is 0 Å². The van der Waals surface area contributed by atoms with Crippen molar-refractivity contribution in [3.63, 3.8) is 0 Å². The molecule has 0 aromatic carbocycles. The van der Waals surface area contributed by atoms with Gasteiger partial charge in [0.15, 0.2) is 0 Å². The summed E-state index contributed by atoms with van der Waals surface area (Å²) in [4.78, 5) is 0. The first-order valence-corrected chi connectivity index (χ1v) is 0.447. The molecule has 0 bridgehead atoms. The zero-order valence-electron chi connectivity index (χ0n) is 6.39. The van der Waals surface area contributed by atoms with Crippen molar-refractivity contribution < 1.29 is 50.3 Å². The third-order valence-electron chi connectivity index (χ3n) is 0. The highest BCUT2D eigenvalue weighted by Gasteiger charge is 0.839. The highest BCUT2D eigenvalue weighted by molar-refractivity contribution is 5.75. The molecule has 0 spiro atoms. The zero-order valence-corrected chi connectivity index (χ0v) is 5.39. The normalized spacial score (nSPS) is 0.462. The molecule has 0 saturated carbocycles. The van der Waals surface area contributed by atoms with Gasteiger partial charge in [-0.1, -0.05) is 14.9 Å². The van der Waals surface area contributed by atoms with Crippen LogP contribution < -0.4 is 0 Å². The van der Waals surface area contributed by atoms with Gasteiger partial charge in [-0.15, -0.1) is 0 Å². The standard InChI is InChI=1S/CH4O.2CH4.8H2O.H4Si/c1-2;;;;;;;;;;;/h2H,1H3;2*1H4;8*1H2;1H4. The number of hydrogen-bond acceptors (Lipinski definition) is 2. The Morgan fingerprint density at radius 3 is 0.615 bits per heavy atom. The van der Waals surface area contributed by atoms with E-state index in [0.717, 1.165) is 7.11 Å². The van der Waals surface area contributed by atoms with Gasteiger partial charge in [-0.2, -0.15) is 0 Å². The first kappa shape index (κ1) is 2460. The Labute approximate surface area is 84.4 Å². The van der Waals surface area contributed by atoms with Gasteiger partial charge in [-0.3, -0.25) is 0 Å². The molecule has 9 nitrogen and oxygen atoms in total. The molecule has 0 aliphatic heterocycles. The minimum Gasteiger partial charge on any atom is -0.870 e. The van der Waals surface area contributed by atoms with E-state index in [9.17, 15) is 0 Å². The molecule has 0 aromatic heterocycles. The third kappa shape index (κ3) is 56200. The largest absolute Gasteiger partial charge is 1.00 e. The van der Waals surface area contributed by atoms with Crippen LogP contribution in [0.4, 0.5) is 0 Å². The van der Waals surface area contributed by atoms with E-state index >= 15 is 0 Å². The Kier molecular flexibility index (Phi) is 12900000. The molecule has 0 heterocycles. The first-order valence-electron chi connectivity index (χ1n) is 0.447. The molecule has 0 aliphatic rings. The fourth-order valence-corrected chi connectivity index (χ4v) is 0. The summed E-state index contributed by atoms with van der Waals surface area (Å²) < 4.78 is 0. The summed E-state index contributed by atoms with van der Waals surface area (Å²) in [5.41, 5.74) is 0. The molecule has 0 saturated heterocycles. The second kappa shape index (κ2) is 68200. The molecule has 0 unspecified atom stereocenters. The molecule has 0 atom stereocenters. The van der Waals surface area contributed by atoms with E-state index in [4.69, 9.17) is 5.11 Å². The van der Waals surface area contributed by atoms with E-state index in [0.29, 0.717) is 0 Å². The van der Waals surface area contributed by atoms with E-state index in [-0.39, 0.29) is 71.1 Å². The number of aliphatic hydroxyl groups is 1. The van der Waals surface area contributed by atoms with Crippen molar-refractivity contribution in [1.82, 2.24) is 0 Å². The van der Waals surface area contributed by atoms with Crippen LogP contribution in [-0.2, 0) is 0 Å². The van der Waals surface area contributed by atoms with Gasteiger partial charge in [0.1, 0.15) is 0 Å². The molecule has 0 fully saturated rings. The first-order chi connectivity index (χ1) is 1.00. The van der Waals surface area contributed by atoms with Gasteiger partial charge in [0.05, 0.1) is 0 Å². The van der Waals surface area contributed by atoms with Crippen LogP contribution in [0.15, 0.2) is 0 Å². The van der Waals surface area contributed by atoms with E-state index < -0.39 is 0 Å². The number of aliphatic hydroxyl groups excluding tert-OH is 1. The summed E-state index contributed by atoms with van der Waals surface area (Å²) in [6.07, 6.45) is 0. The Balaban J connectivity index is -0.0000000000758. The van der Waals surface area contributed by atoms with Crippen LogP contribution in [-0.4, -0.2) is 67.0 Å². The van der Waals surface area contributed by atoms with Crippen molar-refractivity contribution >= 4 is 11.0 Å². The summed E-state index contributed by atoms with van der Waals surface area (Å²) in [7, 11) is 1.00. The predicted molar refractivity (Wildman–Crippen MR) is 61.3 cm³/mol. The number of hydrogen-bond donors (Lipinski definition) is 1. The van der Waals surface area contributed by atoms with Crippen molar-refractivity contribution in [2.24, 2.45) is 0 Å². The minimum atomic E-state index is 0. The van der Waals surface area contributed by atoms with Crippen molar-refractivity contribution in [2.45, 2.75) is 14.9 Å². The lowest BCUT2D eigenvalue weighted by atomic mass is 11.8. The SMILES string of the molecule is C.C.CO.O.O.O.O.O.O.O.[H+].[OH-].[SiH4]. The van der Waals surface area contributed by atoms with Crippen LogP contribution >= 0.6 is 0 Å². The smallest absolute Gasteiger partial charge is 0.870 e. The molecule has 13 heavy (non-hydrogen) atoms. The van der Waals surface area contributed by atoms with Gasteiger partial charge < -0.3 is 48.9 Å². The Morgan fingerprint density at radius 2 is 0.615 bits per heavy atom. The van der Waals surface area contributed by atoms with Gasteiger partial charge in [-0.05, 0) is 11.0 Å². The Morgan fingerprint density at radius 1 is 0.615 bits per heavy atom. The Hall–Kier alpha value is -0.143. The molecule has 102 valence electrons. The molecule has 0 aromatic rings. The van der Waals surface area contributed by atoms with E-state index in [1.807, 2.05) is 0 Å². The van der Waals surface area contributed by atoms with Crippen LogP contribution in [0.3, 0.4) is 0 Å². The zero-order chi connectivity index (χ0) is 2.00. The summed E-state index contributed by atoms with van der Waals surface area (Å²) >= 11 is 0. The van der Waals surface area contributed by atoms with Gasteiger partial charge in [-0.25, -0.2) is 0 Å². The van der Waals surface area contributed by atoms with Crippen molar-refractivity contribution in [2.75, 3.05) is 7.11 Å². The van der Waals surface area contributed by atoms with Crippen LogP contribution in [0.2, 0.25) is 0 Å². The predicted octanol–water partition coefficient (Wildman–Crippen LogP) is -6.41. The summed E-state index contributed by atoms with van der Waals surface area (Å²) in [6.45, 7) is 0. The summed E-state index contributed by atoms with van der Waals surface area (Å²) in [5.74, 6) is 0. The lowest BCUT2D eigenvalue weighted by molar-refractivity contribution is 0.399. The van der Waals surface area contributed by atoms with Gasteiger partial charge in [0.25, 0.3) is 0 Å². The third-order valence-corrected chi connectivity index (χ3v) is 0. The van der Waals surface area contributed by atoms with Crippen LogP contribution in [0.1, 0.15) is 16.3 Å².